The van der Waals surface area contributed by atoms with Crippen molar-refractivity contribution in [3.8, 4) is 11.1 Å². The van der Waals surface area contributed by atoms with Gasteiger partial charge in [0, 0.05) is 30.2 Å². The molecule has 2 aromatic heterocycles. The van der Waals surface area contributed by atoms with Crippen molar-refractivity contribution in [3.63, 3.8) is 0 Å². The quantitative estimate of drug-likeness (QED) is 0.650. The number of alkyl halides is 3. The molecule has 9 heteroatoms. The van der Waals surface area contributed by atoms with Gasteiger partial charge in [-0.15, -0.1) is 0 Å². The van der Waals surface area contributed by atoms with Crippen LogP contribution in [-0.4, -0.2) is 32.1 Å². The molecule has 1 aliphatic rings. The first-order chi connectivity index (χ1) is 14.4. The van der Waals surface area contributed by atoms with Gasteiger partial charge >= 0.3 is 6.18 Å². The van der Waals surface area contributed by atoms with Crippen LogP contribution in [0.15, 0.2) is 61.4 Å². The lowest BCUT2D eigenvalue weighted by Gasteiger charge is -2.27. The number of hydrogen-bond acceptors (Lipinski definition) is 4. The SMILES string of the molecule is C=CC(=O)N1CCn2nc(Nc3ccc(C(F)(F)F)cc3)c(-c3ccncc3)c2C1. The van der Waals surface area contributed by atoms with Crippen LogP contribution in [0.25, 0.3) is 11.1 Å². The van der Waals surface area contributed by atoms with Crippen LogP contribution in [-0.2, 0) is 24.1 Å². The van der Waals surface area contributed by atoms with Gasteiger partial charge in [-0.05, 0) is 48.0 Å². The van der Waals surface area contributed by atoms with Crippen LogP contribution >= 0.6 is 0 Å². The molecular weight excluding hydrogens is 395 g/mol. The number of hydrogen-bond donors (Lipinski definition) is 1. The Labute approximate surface area is 170 Å². The molecule has 0 radical (unpaired) electrons. The fourth-order valence-electron chi connectivity index (χ4n) is 3.42. The number of amides is 1. The Balaban J connectivity index is 1.73. The molecule has 0 aliphatic carbocycles. The number of nitrogens with one attached hydrogen (secondary N) is 1. The standard InChI is InChI=1S/C21H18F3N5O/c1-2-18(30)28-11-12-29-17(13-28)19(14-7-9-25-10-8-14)20(27-29)26-16-5-3-15(4-6-16)21(22,23)24/h2-10H,1,11-13H2,(H,26,27). The molecule has 1 amide bonds. The van der Waals surface area contributed by atoms with Crippen molar-refractivity contribution in [1.82, 2.24) is 19.7 Å². The van der Waals surface area contributed by atoms with E-state index in [1.54, 1.807) is 17.3 Å². The van der Waals surface area contributed by atoms with Crippen molar-refractivity contribution < 1.29 is 18.0 Å². The van der Waals surface area contributed by atoms with E-state index in [1.807, 2.05) is 16.8 Å². The Kier molecular flexibility index (Phi) is 5.03. The van der Waals surface area contributed by atoms with E-state index in [1.165, 1.54) is 18.2 Å². The molecule has 0 atom stereocenters. The van der Waals surface area contributed by atoms with Crippen molar-refractivity contribution >= 4 is 17.4 Å². The number of pyridine rings is 1. The molecule has 0 saturated heterocycles. The van der Waals surface area contributed by atoms with E-state index in [0.29, 0.717) is 31.1 Å². The van der Waals surface area contributed by atoms with Gasteiger partial charge in [-0.25, -0.2) is 0 Å². The predicted octanol–water partition coefficient (Wildman–Crippen LogP) is 4.24. The van der Waals surface area contributed by atoms with Crippen LogP contribution < -0.4 is 5.32 Å². The molecular formula is C21H18F3N5O. The second kappa shape index (κ2) is 7.66. The maximum absolute atomic E-state index is 12.8. The topological polar surface area (TPSA) is 63.1 Å². The van der Waals surface area contributed by atoms with Crippen LogP contribution in [0.5, 0.6) is 0 Å². The lowest BCUT2D eigenvalue weighted by Crippen LogP contribution is -2.37. The molecule has 3 heterocycles. The molecule has 1 N–H and O–H groups in total. The number of rotatable bonds is 4. The van der Waals surface area contributed by atoms with Crippen molar-refractivity contribution in [3.05, 3.63) is 72.7 Å². The highest BCUT2D eigenvalue weighted by atomic mass is 19.4. The number of anilines is 2. The number of carbonyl (C=O) groups excluding carboxylic acids is 1. The molecule has 0 fully saturated rings. The summed E-state index contributed by atoms with van der Waals surface area (Å²) in [6.45, 7) is 4.89. The van der Waals surface area contributed by atoms with Crippen molar-refractivity contribution in [2.45, 2.75) is 19.3 Å². The van der Waals surface area contributed by atoms with Gasteiger partial charge in [0.1, 0.15) is 0 Å². The van der Waals surface area contributed by atoms with Gasteiger partial charge in [-0.2, -0.15) is 18.3 Å². The van der Waals surface area contributed by atoms with E-state index in [-0.39, 0.29) is 5.91 Å². The van der Waals surface area contributed by atoms with E-state index in [2.05, 4.69) is 22.0 Å². The summed E-state index contributed by atoms with van der Waals surface area (Å²) < 4.78 is 40.3. The van der Waals surface area contributed by atoms with E-state index in [4.69, 9.17) is 0 Å². The third kappa shape index (κ3) is 3.78. The molecule has 0 unspecified atom stereocenters. The van der Waals surface area contributed by atoms with Crippen LogP contribution in [0, 0.1) is 0 Å². The van der Waals surface area contributed by atoms with Gasteiger partial charge in [0.2, 0.25) is 5.91 Å². The molecule has 154 valence electrons. The Morgan fingerprint density at radius 2 is 1.80 bits per heavy atom. The monoisotopic (exact) mass is 413 g/mol. The molecule has 30 heavy (non-hydrogen) atoms. The molecule has 3 aromatic rings. The number of aromatic nitrogens is 3. The van der Waals surface area contributed by atoms with Gasteiger partial charge < -0.3 is 10.2 Å². The Bertz CT molecular complexity index is 1070. The number of fused-ring (bicyclic) bond motifs is 1. The third-order valence-electron chi connectivity index (χ3n) is 4.91. The minimum Gasteiger partial charge on any atom is -0.338 e. The molecule has 0 bridgehead atoms. The van der Waals surface area contributed by atoms with Crippen LogP contribution in [0.2, 0.25) is 0 Å². The first kappa shape index (κ1) is 19.7. The average Bonchev–Trinajstić information content (AvgIpc) is 3.10. The summed E-state index contributed by atoms with van der Waals surface area (Å²) in [5, 5.41) is 7.73. The first-order valence-corrected chi connectivity index (χ1v) is 9.22. The fraction of sp³-hybridized carbons (Fsp3) is 0.190. The van der Waals surface area contributed by atoms with E-state index in [0.717, 1.165) is 29.0 Å². The number of halogens is 3. The summed E-state index contributed by atoms with van der Waals surface area (Å²) in [6, 6.07) is 8.42. The predicted molar refractivity (Wildman–Crippen MR) is 106 cm³/mol. The summed E-state index contributed by atoms with van der Waals surface area (Å²) in [6.07, 6.45) is 0.183. The Morgan fingerprint density at radius 1 is 1.10 bits per heavy atom. The van der Waals surface area contributed by atoms with Gasteiger partial charge in [0.15, 0.2) is 5.82 Å². The maximum atomic E-state index is 12.8. The zero-order valence-corrected chi connectivity index (χ0v) is 15.9. The summed E-state index contributed by atoms with van der Waals surface area (Å²) in [5.74, 6) is 0.337. The first-order valence-electron chi connectivity index (χ1n) is 9.22. The van der Waals surface area contributed by atoms with E-state index in [9.17, 15) is 18.0 Å². The third-order valence-corrected chi connectivity index (χ3v) is 4.91. The summed E-state index contributed by atoms with van der Waals surface area (Å²) in [4.78, 5) is 17.8. The number of carbonyl (C=O) groups is 1. The average molecular weight is 413 g/mol. The summed E-state index contributed by atoms with van der Waals surface area (Å²) >= 11 is 0. The maximum Gasteiger partial charge on any atom is 0.416 e. The molecule has 0 spiro atoms. The number of nitrogens with zero attached hydrogens (tertiary/aromatic N) is 4. The van der Waals surface area contributed by atoms with E-state index >= 15 is 0 Å². The second-order valence-electron chi connectivity index (χ2n) is 6.79. The molecule has 1 aliphatic heterocycles. The zero-order valence-electron chi connectivity index (χ0n) is 15.9. The van der Waals surface area contributed by atoms with Crippen LogP contribution in [0.1, 0.15) is 11.3 Å². The Morgan fingerprint density at radius 3 is 2.43 bits per heavy atom. The fourth-order valence-corrected chi connectivity index (χ4v) is 3.42. The van der Waals surface area contributed by atoms with Gasteiger partial charge in [0.05, 0.1) is 24.3 Å². The minimum atomic E-state index is -4.39. The largest absolute Gasteiger partial charge is 0.416 e. The van der Waals surface area contributed by atoms with Crippen LogP contribution in [0.3, 0.4) is 0 Å². The van der Waals surface area contributed by atoms with Crippen molar-refractivity contribution in [2.24, 2.45) is 0 Å². The highest BCUT2D eigenvalue weighted by Gasteiger charge is 2.30. The number of benzene rings is 1. The zero-order chi connectivity index (χ0) is 21.3. The normalized spacial score (nSPS) is 13.6. The molecule has 6 nitrogen and oxygen atoms in total. The van der Waals surface area contributed by atoms with Crippen LogP contribution in [0.4, 0.5) is 24.7 Å². The minimum absolute atomic E-state index is 0.166. The Hall–Kier alpha value is -3.62. The van der Waals surface area contributed by atoms with Gasteiger partial charge in [0.25, 0.3) is 0 Å². The van der Waals surface area contributed by atoms with Gasteiger partial charge in [-0.1, -0.05) is 6.58 Å². The van der Waals surface area contributed by atoms with E-state index < -0.39 is 11.7 Å². The summed E-state index contributed by atoms with van der Waals surface area (Å²) in [5.41, 5.74) is 2.21. The lowest BCUT2D eigenvalue weighted by molar-refractivity contribution is -0.137. The van der Waals surface area contributed by atoms with Crippen molar-refractivity contribution in [2.75, 3.05) is 11.9 Å². The molecule has 0 saturated carbocycles. The highest BCUT2D eigenvalue weighted by Crippen LogP contribution is 2.36. The summed E-state index contributed by atoms with van der Waals surface area (Å²) in [7, 11) is 0. The molecule has 1 aromatic carbocycles. The van der Waals surface area contributed by atoms with Crippen molar-refractivity contribution in [1.29, 1.82) is 0 Å². The second-order valence-corrected chi connectivity index (χ2v) is 6.79. The molecule has 4 rings (SSSR count). The lowest BCUT2D eigenvalue weighted by atomic mass is 10.1. The smallest absolute Gasteiger partial charge is 0.338 e. The van der Waals surface area contributed by atoms with Gasteiger partial charge in [-0.3, -0.25) is 14.5 Å². The highest BCUT2D eigenvalue weighted by molar-refractivity contribution is 5.87.